The predicted molar refractivity (Wildman–Crippen MR) is 46.7 cm³/mol. The number of Topliss-reactive ketones (excluding diaryl/α,β-unsaturated/α-hetero) is 1. The summed E-state index contributed by atoms with van der Waals surface area (Å²) in [5.74, 6) is 2.52. The van der Waals surface area contributed by atoms with Crippen molar-refractivity contribution in [2.75, 3.05) is 18.1 Å². The number of thioether (sulfide) groups is 1. The van der Waals surface area contributed by atoms with Crippen molar-refractivity contribution in [3.05, 3.63) is 0 Å². The average Bonchev–Trinajstić information content (AvgIpc) is 2.37. The molecule has 3 heteroatoms. The predicted octanol–water partition coefficient (Wildman–Crippen LogP) is 0.937. The molecular weight excluding hydrogens is 160 g/mol. The molecular formula is C8H14O2S. The topological polar surface area (TPSA) is 37.3 Å². The third-order valence-electron chi connectivity index (χ3n) is 2.02. The first-order chi connectivity index (χ1) is 5.24. The second-order valence-corrected chi connectivity index (χ2v) is 4.23. The molecule has 64 valence electrons. The van der Waals surface area contributed by atoms with E-state index in [1.54, 1.807) is 11.8 Å². The summed E-state index contributed by atoms with van der Waals surface area (Å²) in [5, 5.41) is 8.76. The highest BCUT2D eigenvalue weighted by molar-refractivity contribution is 8.00. The Morgan fingerprint density at radius 3 is 3.00 bits per heavy atom. The van der Waals surface area contributed by atoms with Gasteiger partial charge in [-0.2, -0.15) is 11.8 Å². The molecule has 0 saturated carbocycles. The van der Waals surface area contributed by atoms with Gasteiger partial charge in [0.2, 0.25) is 0 Å². The van der Waals surface area contributed by atoms with Crippen LogP contribution in [0.3, 0.4) is 0 Å². The van der Waals surface area contributed by atoms with Gasteiger partial charge in [-0.25, -0.2) is 0 Å². The molecule has 0 aromatic carbocycles. The van der Waals surface area contributed by atoms with Crippen LogP contribution in [0.15, 0.2) is 0 Å². The van der Waals surface area contributed by atoms with Crippen LogP contribution in [0.1, 0.15) is 13.3 Å². The van der Waals surface area contributed by atoms with E-state index in [1.807, 2.05) is 6.92 Å². The van der Waals surface area contributed by atoms with Gasteiger partial charge < -0.3 is 5.11 Å². The zero-order valence-corrected chi connectivity index (χ0v) is 7.56. The number of rotatable bonds is 3. The number of ketones is 1. The first kappa shape index (κ1) is 9.07. The minimum absolute atomic E-state index is 0.203. The van der Waals surface area contributed by atoms with Crippen molar-refractivity contribution in [1.29, 1.82) is 0 Å². The molecule has 0 aromatic rings. The molecule has 1 fully saturated rings. The van der Waals surface area contributed by atoms with Crippen molar-refractivity contribution in [1.82, 2.24) is 0 Å². The molecule has 1 saturated heterocycles. The Bertz CT molecular complexity index is 147. The van der Waals surface area contributed by atoms with Crippen molar-refractivity contribution in [3.63, 3.8) is 0 Å². The first-order valence-electron chi connectivity index (χ1n) is 3.95. The number of carbonyl (C=O) groups is 1. The molecule has 2 nitrogen and oxygen atoms in total. The van der Waals surface area contributed by atoms with Crippen LogP contribution in [0.25, 0.3) is 0 Å². The van der Waals surface area contributed by atoms with E-state index >= 15 is 0 Å². The molecule has 1 rings (SSSR count). The smallest absolute Gasteiger partial charge is 0.146 e. The van der Waals surface area contributed by atoms with Crippen LogP contribution in [0.4, 0.5) is 0 Å². The summed E-state index contributed by atoms with van der Waals surface area (Å²) in [4.78, 5) is 11.1. The molecule has 1 heterocycles. The molecule has 0 aromatic heterocycles. The van der Waals surface area contributed by atoms with E-state index in [9.17, 15) is 4.79 Å². The van der Waals surface area contributed by atoms with Crippen LogP contribution in [0, 0.1) is 11.8 Å². The van der Waals surface area contributed by atoms with E-state index in [1.165, 1.54) is 0 Å². The van der Waals surface area contributed by atoms with Crippen molar-refractivity contribution in [3.8, 4) is 0 Å². The Hall–Kier alpha value is -0.0200. The van der Waals surface area contributed by atoms with Gasteiger partial charge in [0.05, 0.1) is 5.75 Å². The van der Waals surface area contributed by atoms with Crippen LogP contribution in [-0.4, -0.2) is 29.0 Å². The molecule has 1 N–H and O–H groups in total. The van der Waals surface area contributed by atoms with E-state index in [4.69, 9.17) is 5.11 Å². The number of aliphatic hydroxyl groups is 1. The van der Waals surface area contributed by atoms with Gasteiger partial charge in [-0.05, 0) is 12.3 Å². The number of aliphatic hydroxyl groups excluding tert-OH is 1. The largest absolute Gasteiger partial charge is 0.396 e. The van der Waals surface area contributed by atoms with Crippen molar-refractivity contribution < 1.29 is 9.90 Å². The van der Waals surface area contributed by atoms with Gasteiger partial charge in [-0.15, -0.1) is 0 Å². The van der Waals surface area contributed by atoms with Crippen molar-refractivity contribution in [2.24, 2.45) is 11.8 Å². The molecule has 11 heavy (non-hydrogen) atoms. The van der Waals surface area contributed by atoms with Crippen LogP contribution < -0.4 is 0 Å². The lowest BCUT2D eigenvalue weighted by Crippen LogP contribution is -2.16. The molecule has 0 aliphatic carbocycles. The van der Waals surface area contributed by atoms with Gasteiger partial charge >= 0.3 is 0 Å². The van der Waals surface area contributed by atoms with Gasteiger partial charge in [0.25, 0.3) is 0 Å². The molecule has 2 atom stereocenters. The van der Waals surface area contributed by atoms with E-state index in [2.05, 4.69) is 0 Å². The summed E-state index contributed by atoms with van der Waals surface area (Å²) in [7, 11) is 0. The molecule has 1 aliphatic rings. The standard InChI is InChI=1S/C8H14O2S/c1-6(3-9)2-7-4-11-5-8(7)10/h6-7,9H,2-5H2,1H3. The van der Waals surface area contributed by atoms with Gasteiger partial charge in [0, 0.05) is 18.3 Å². The van der Waals surface area contributed by atoms with Crippen LogP contribution in [-0.2, 0) is 4.79 Å². The average molecular weight is 174 g/mol. The van der Waals surface area contributed by atoms with E-state index in [0.29, 0.717) is 11.5 Å². The highest BCUT2D eigenvalue weighted by Crippen LogP contribution is 2.25. The van der Waals surface area contributed by atoms with Crippen LogP contribution in [0.5, 0.6) is 0 Å². The third-order valence-corrected chi connectivity index (χ3v) is 3.14. The maximum absolute atomic E-state index is 11.1. The Balaban J connectivity index is 2.30. The summed E-state index contributed by atoms with van der Waals surface area (Å²) in [6.07, 6.45) is 0.863. The van der Waals surface area contributed by atoms with E-state index < -0.39 is 0 Å². The van der Waals surface area contributed by atoms with Crippen LogP contribution in [0.2, 0.25) is 0 Å². The Morgan fingerprint density at radius 1 is 1.82 bits per heavy atom. The second-order valence-electron chi connectivity index (χ2n) is 3.20. The Kier molecular flexibility index (Phi) is 3.40. The summed E-state index contributed by atoms with van der Waals surface area (Å²) in [5.41, 5.74) is 0. The lowest BCUT2D eigenvalue weighted by atomic mass is 9.95. The minimum atomic E-state index is 0.203. The zero-order valence-electron chi connectivity index (χ0n) is 6.75. The van der Waals surface area contributed by atoms with Crippen LogP contribution >= 0.6 is 11.8 Å². The first-order valence-corrected chi connectivity index (χ1v) is 5.10. The number of hydrogen-bond donors (Lipinski definition) is 1. The summed E-state index contributed by atoms with van der Waals surface area (Å²) in [6.45, 7) is 2.19. The summed E-state index contributed by atoms with van der Waals surface area (Å²) >= 11 is 1.71. The van der Waals surface area contributed by atoms with Crippen molar-refractivity contribution in [2.45, 2.75) is 13.3 Å². The minimum Gasteiger partial charge on any atom is -0.396 e. The maximum Gasteiger partial charge on any atom is 0.146 e. The zero-order chi connectivity index (χ0) is 8.27. The highest BCUT2D eigenvalue weighted by atomic mass is 32.2. The molecule has 1 aliphatic heterocycles. The van der Waals surface area contributed by atoms with Gasteiger partial charge in [0.1, 0.15) is 5.78 Å². The fourth-order valence-electron chi connectivity index (χ4n) is 1.27. The summed E-state index contributed by atoms with van der Waals surface area (Å²) < 4.78 is 0. The maximum atomic E-state index is 11.1. The van der Waals surface area contributed by atoms with E-state index in [-0.39, 0.29) is 18.4 Å². The second kappa shape index (κ2) is 4.12. The SMILES string of the molecule is CC(CO)CC1CSCC1=O. The van der Waals surface area contributed by atoms with Gasteiger partial charge in [-0.3, -0.25) is 4.79 Å². The van der Waals surface area contributed by atoms with E-state index in [0.717, 1.165) is 12.2 Å². The molecule has 0 amide bonds. The van der Waals surface area contributed by atoms with Crippen molar-refractivity contribution >= 4 is 17.5 Å². The molecule has 2 unspecified atom stereocenters. The summed E-state index contributed by atoms with van der Waals surface area (Å²) in [6, 6.07) is 0. The normalized spacial score (nSPS) is 27.5. The Labute approximate surface area is 71.4 Å². The molecule has 0 radical (unpaired) electrons. The van der Waals surface area contributed by atoms with Gasteiger partial charge in [0.15, 0.2) is 0 Å². The quantitative estimate of drug-likeness (QED) is 0.692. The molecule has 0 bridgehead atoms. The monoisotopic (exact) mass is 174 g/mol. The number of carbonyl (C=O) groups excluding carboxylic acids is 1. The highest BCUT2D eigenvalue weighted by Gasteiger charge is 2.25. The molecule has 0 spiro atoms. The lowest BCUT2D eigenvalue weighted by Gasteiger charge is -2.11. The Morgan fingerprint density at radius 2 is 2.55 bits per heavy atom. The third kappa shape index (κ3) is 2.49. The number of hydrogen-bond acceptors (Lipinski definition) is 3. The lowest BCUT2D eigenvalue weighted by molar-refractivity contribution is -0.119. The van der Waals surface area contributed by atoms with Gasteiger partial charge in [-0.1, -0.05) is 6.92 Å². The fraction of sp³-hybridized carbons (Fsp3) is 0.875. The fourth-order valence-corrected chi connectivity index (χ4v) is 2.43.